The summed E-state index contributed by atoms with van der Waals surface area (Å²) in [6.45, 7) is 6.28. The molecule has 0 saturated heterocycles. The molecular formula is C14H21N3O2. The van der Waals surface area contributed by atoms with Crippen LogP contribution in [0.25, 0.3) is 0 Å². The molecule has 104 valence electrons. The first-order valence-corrected chi connectivity index (χ1v) is 6.91. The van der Waals surface area contributed by atoms with E-state index < -0.39 is 0 Å². The maximum atomic E-state index is 11.0. The molecule has 1 saturated carbocycles. The van der Waals surface area contributed by atoms with E-state index in [1.54, 1.807) is 6.07 Å². The zero-order valence-corrected chi connectivity index (χ0v) is 11.7. The lowest BCUT2D eigenvalue weighted by Gasteiger charge is -2.21. The van der Waals surface area contributed by atoms with E-state index in [9.17, 15) is 10.1 Å². The van der Waals surface area contributed by atoms with Crippen molar-refractivity contribution in [3.05, 3.63) is 27.9 Å². The van der Waals surface area contributed by atoms with E-state index in [0.717, 1.165) is 12.1 Å². The van der Waals surface area contributed by atoms with Gasteiger partial charge in [-0.25, -0.2) is 4.98 Å². The summed E-state index contributed by atoms with van der Waals surface area (Å²) < 4.78 is 0. The number of nitrogens with zero attached hydrogens (tertiary/aromatic N) is 2. The van der Waals surface area contributed by atoms with Gasteiger partial charge in [0.25, 0.3) is 0 Å². The predicted octanol–water partition coefficient (Wildman–Crippen LogP) is 3.53. The van der Waals surface area contributed by atoms with Gasteiger partial charge in [0.2, 0.25) is 5.82 Å². The molecule has 0 aliphatic heterocycles. The standard InChI is InChI=1S/C14H21N3O2/c1-4-11-6-7-12(10(11)3)16-14-13(17(18)19)8-5-9(2)15-14/h5,8,10-12H,4,6-7H2,1-3H3,(H,15,16). The van der Waals surface area contributed by atoms with Crippen molar-refractivity contribution in [1.29, 1.82) is 0 Å². The lowest BCUT2D eigenvalue weighted by atomic mass is 9.93. The summed E-state index contributed by atoms with van der Waals surface area (Å²) in [6.07, 6.45) is 3.42. The largest absolute Gasteiger partial charge is 0.361 e. The molecule has 1 aromatic rings. The molecule has 0 bridgehead atoms. The van der Waals surface area contributed by atoms with Gasteiger partial charge in [0.05, 0.1) is 4.92 Å². The first-order chi connectivity index (χ1) is 9.02. The number of anilines is 1. The minimum Gasteiger partial charge on any atom is -0.361 e. The van der Waals surface area contributed by atoms with Gasteiger partial charge < -0.3 is 5.32 Å². The van der Waals surface area contributed by atoms with Crippen LogP contribution in [0.2, 0.25) is 0 Å². The topological polar surface area (TPSA) is 68.1 Å². The molecule has 1 aliphatic carbocycles. The summed E-state index contributed by atoms with van der Waals surface area (Å²) in [5.74, 6) is 1.66. The van der Waals surface area contributed by atoms with Crippen molar-refractivity contribution in [1.82, 2.24) is 4.98 Å². The van der Waals surface area contributed by atoms with Gasteiger partial charge in [-0.05, 0) is 37.7 Å². The van der Waals surface area contributed by atoms with Crippen LogP contribution in [-0.2, 0) is 0 Å². The van der Waals surface area contributed by atoms with Crippen LogP contribution >= 0.6 is 0 Å². The fourth-order valence-corrected chi connectivity index (χ4v) is 3.01. The second kappa shape index (κ2) is 5.55. The average Bonchev–Trinajstić information content (AvgIpc) is 2.70. The van der Waals surface area contributed by atoms with Gasteiger partial charge in [0, 0.05) is 17.8 Å². The molecule has 1 aliphatic rings. The summed E-state index contributed by atoms with van der Waals surface area (Å²) >= 11 is 0. The molecular weight excluding hydrogens is 242 g/mol. The van der Waals surface area contributed by atoms with Crippen LogP contribution in [0, 0.1) is 28.9 Å². The predicted molar refractivity (Wildman–Crippen MR) is 75.2 cm³/mol. The quantitative estimate of drug-likeness (QED) is 0.666. The Hall–Kier alpha value is -1.65. The van der Waals surface area contributed by atoms with Gasteiger partial charge in [0.15, 0.2) is 0 Å². The second-order valence-electron chi connectivity index (χ2n) is 5.43. The van der Waals surface area contributed by atoms with Gasteiger partial charge in [-0.2, -0.15) is 0 Å². The molecule has 1 aromatic heterocycles. The normalized spacial score (nSPS) is 26.4. The molecule has 1 N–H and O–H groups in total. The monoisotopic (exact) mass is 263 g/mol. The highest BCUT2D eigenvalue weighted by atomic mass is 16.6. The van der Waals surface area contributed by atoms with E-state index in [1.807, 2.05) is 6.92 Å². The zero-order valence-electron chi connectivity index (χ0n) is 11.7. The van der Waals surface area contributed by atoms with Crippen LogP contribution in [0.3, 0.4) is 0 Å². The fraction of sp³-hybridized carbons (Fsp3) is 0.643. The summed E-state index contributed by atoms with van der Waals surface area (Å²) in [6, 6.07) is 3.50. The molecule has 3 atom stereocenters. The van der Waals surface area contributed by atoms with Crippen molar-refractivity contribution in [3.63, 3.8) is 0 Å². The number of rotatable bonds is 4. The van der Waals surface area contributed by atoms with Crippen LogP contribution in [0.4, 0.5) is 11.5 Å². The van der Waals surface area contributed by atoms with Crippen molar-refractivity contribution >= 4 is 11.5 Å². The van der Waals surface area contributed by atoms with Crippen molar-refractivity contribution in [3.8, 4) is 0 Å². The summed E-state index contributed by atoms with van der Waals surface area (Å²) in [5.41, 5.74) is 0.864. The first kappa shape index (κ1) is 13.8. The van der Waals surface area contributed by atoms with Gasteiger partial charge in [-0.1, -0.05) is 20.3 Å². The molecule has 0 aromatic carbocycles. The Kier molecular flexibility index (Phi) is 4.02. The van der Waals surface area contributed by atoms with Gasteiger partial charge in [-0.15, -0.1) is 0 Å². The highest BCUT2D eigenvalue weighted by Gasteiger charge is 2.32. The van der Waals surface area contributed by atoms with Crippen molar-refractivity contribution < 1.29 is 4.92 Å². The number of aromatic nitrogens is 1. The van der Waals surface area contributed by atoms with Crippen molar-refractivity contribution in [2.24, 2.45) is 11.8 Å². The van der Waals surface area contributed by atoms with Crippen molar-refractivity contribution in [2.45, 2.75) is 46.1 Å². The Bertz CT molecular complexity index is 476. The fourth-order valence-electron chi connectivity index (χ4n) is 3.01. The zero-order chi connectivity index (χ0) is 14.0. The number of nitro groups is 1. The molecule has 2 rings (SSSR count). The molecule has 0 radical (unpaired) electrons. The van der Waals surface area contributed by atoms with Gasteiger partial charge in [0.1, 0.15) is 0 Å². The number of hydrogen-bond acceptors (Lipinski definition) is 4. The van der Waals surface area contributed by atoms with E-state index in [-0.39, 0.29) is 16.7 Å². The SMILES string of the molecule is CCC1CCC(Nc2nc(C)ccc2[N+](=O)[O-])C1C. The minimum atomic E-state index is -0.369. The molecule has 1 heterocycles. The van der Waals surface area contributed by atoms with Crippen LogP contribution in [-0.4, -0.2) is 15.9 Å². The molecule has 5 heteroatoms. The summed E-state index contributed by atoms with van der Waals surface area (Å²) in [7, 11) is 0. The third-order valence-corrected chi connectivity index (χ3v) is 4.28. The van der Waals surface area contributed by atoms with Crippen molar-refractivity contribution in [2.75, 3.05) is 5.32 Å². The lowest BCUT2D eigenvalue weighted by Crippen LogP contribution is -2.25. The molecule has 19 heavy (non-hydrogen) atoms. The van der Waals surface area contributed by atoms with Crippen LogP contribution in [0.1, 0.15) is 38.8 Å². The summed E-state index contributed by atoms with van der Waals surface area (Å²) in [5, 5.41) is 14.3. The van der Waals surface area contributed by atoms with E-state index in [0.29, 0.717) is 17.7 Å². The molecule has 3 unspecified atom stereocenters. The van der Waals surface area contributed by atoms with Crippen LogP contribution < -0.4 is 5.32 Å². The Balaban J connectivity index is 2.19. The maximum absolute atomic E-state index is 11.0. The Morgan fingerprint density at radius 2 is 2.21 bits per heavy atom. The van der Waals surface area contributed by atoms with Crippen LogP contribution in [0.5, 0.6) is 0 Å². The molecule has 0 amide bonds. The Morgan fingerprint density at radius 1 is 1.47 bits per heavy atom. The molecule has 5 nitrogen and oxygen atoms in total. The second-order valence-corrected chi connectivity index (χ2v) is 5.43. The Labute approximate surface area is 113 Å². The number of hydrogen-bond donors (Lipinski definition) is 1. The Morgan fingerprint density at radius 3 is 2.79 bits per heavy atom. The molecule has 1 fully saturated rings. The van der Waals surface area contributed by atoms with E-state index >= 15 is 0 Å². The number of pyridine rings is 1. The lowest BCUT2D eigenvalue weighted by molar-refractivity contribution is -0.384. The van der Waals surface area contributed by atoms with E-state index in [4.69, 9.17) is 0 Å². The minimum absolute atomic E-state index is 0.0674. The average molecular weight is 263 g/mol. The van der Waals surface area contributed by atoms with Gasteiger partial charge in [-0.3, -0.25) is 10.1 Å². The van der Waals surface area contributed by atoms with Crippen LogP contribution in [0.15, 0.2) is 12.1 Å². The third-order valence-electron chi connectivity index (χ3n) is 4.28. The molecule has 0 spiro atoms. The number of nitrogens with one attached hydrogen (secondary N) is 1. The third kappa shape index (κ3) is 2.85. The maximum Gasteiger partial charge on any atom is 0.311 e. The van der Waals surface area contributed by atoms with E-state index in [1.165, 1.54) is 18.9 Å². The summed E-state index contributed by atoms with van der Waals surface area (Å²) in [4.78, 5) is 15.0. The van der Waals surface area contributed by atoms with Gasteiger partial charge >= 0.3 is 5.69 Å². The first-order valence-electron chi connectivity index (χ1n) is 6.91. The highest BCUT2D eigenvalue weighted by molar-refractivity contribution is 5.56. The highest BCUT2D eigenvalue weighted by Crippen LogP contribution is 2.36. The smallest absolute Gasteiger partial charge is 0.311 e. The number of aryl methyl sites for hydroxylation is 1. The van der Waals surface area contributed by atoms with E-state index in [2.05, 4.69) is 24.1 Å².